The van der Waals surface area contributed by atoms with Gasteiger partial charge in [-0.2, -0.15) is 0 Å². The SMILES string of the molecule is O=C(COC(=O)/C=C/c1ccc2c(c1)OCCCO2)Nc1ccccc1. The number of esters is 1. The molecule has 0 radical (unpaired) electrons. The number of benzene rings is 2. The summed E-state index contributed by atoms with van der Waals surface area (Å²) in [5.74, 6) is 0.355. The number of carbonyl (C=O) groups is 2. The molecule has 1 amide bonds. The van der Waals surface area contributed by atoms with E-state index in [4.69, 9.17) is 14.2 Å². The molecule has 26 heavy (non-hydrogen) atoms. The fourth-order valence-corrected chi connectivity index (χ4v) is 2.35. The number of para-hydroxylation sites is 1. The maximum Gasteiger partial charge on any atom is 0.331 e. The van der Waals surface area contributed by atoms with Crippen molar-refractivity contribution in [3.05, 3.63) is 60.2 Å². The first-order valence-electron chi connectivity index (χ1n) is 8.30. The Balaban J connectivity index is 1.50. The van der Waals surface area contributed by atoms with Crippen LogP contribution in [-0.4, -0.2) is 31.7 Å². The highest BCUT2D eigenvalue weighted by atomic mass is 16.5. The predicted octanol–water partition coefficient (Wildman–Crippen LogP) is 3.04. The molecule has 6 heteroatoms. The minimum atomic E-state index is -0.597. The zero-order valence-corrected chi connectivity index (χ0v) is 14.1. The third kappa shape index (κ3) is 5.11. The maximum atomic E-state index is 11.8. The van der Waals surface area contributed by atoms with Crippen LogP contribution in [-0.2, 0) is 14.3 Å². The lowest BCUT2D eigenvalue weighted by Gasteiger charge is -2.07. The van der Waals surface area contributed by atoms with Crippen molar-refractivity contribution in [2.75, 3.05) is 25.1 Å². The van der Waals surface area contributed by atoms with E-state index in [1.165, 1.54) is 6.08 Å². The van der Waals surface area contributed by atoms with E-state index in [2.05, 4.69) is 5.32 Å². The Labute approximate surface area is 151 Å². The van der Waals surface area contributed by atoms with Gasteiger partial charge in [0.25, 0.3) is 5.91 Å². The topological polar surface area (TPSA) is 73.9 Å². The van der Waals surface area contributed by atoms with Crippen LogP contribution in [0, 0.1) is 0 Å². The van der Waals surface area contributed by atoms with Gasteiger partial charge < -0.3 is 19.5 Å². The second-order valence-corrected chi connectivity index (χ2v) is 5.61. The lowest BCUT2D eigenvalue weighted by molar-refractivity contribution is -0.142. The molecule has 0 aliphatic carbocycles. The van der Waals surface area contributed by atoms with Crippen LogP contribution >= 0.6 is 0 Å². The number of nitrogens with one attached hydrogen (secondary N) is 1. The minimum Gasteiger partial charge on any atom is -0.490 e. The molecule has 1 aliphatic rings. The zero-order valence-electron chi connectivity index (χ0n) is 14.1. The highest BCUT2D eigenvalue weighted by molar-refractivity contribution is 5.94. The molecule has 2 aromatic carbocycles. The second kappa shape index (κ2) is 8.71. The van der Waals surface area contributed by atoms with Crippen LogP contribution in [0.25, 0.3) is 6.08 Å². The van der Waals surface area contributed by atoms with Crippen molar-refractivity contribution in [1.82, 2.24) is 0 Å². The largest absolute Gasteiger partial charge is 0.490 e. The summed E-state index contributed by atoms with van der Waals surface area (Å²) >= 11 is 0. The highest BCUT2D eigenvalue weighted by Gasteiger charge is 2.10. The van der Waals surface area contributed by atoms with Gasteiger partial charge in [0.05, 0.1) is 13.2 Å². The Morgan fingerprint density at radius 2 is 1.81 bits per heavy atom. The van der Waals surface area contributed by atoms with Gasteiger partial charge in [-0.15, -0.1) is 0 Å². The van der Waals surface area contributed by atoms with E-state index in [0.717, 1.165) is 12.0 Å². The molecular weight excluding hydrogens is 334 g/mol. The van der Waals surface area contributed by atoms with Gasteiger partial charge in [-0.3, -0.25) is 4.79 Å². The number of amides is 1. The van der Waals surface area contributed by atoms with Crippen molar-refractivity contribution in [3.63, 3.8) is 0 Å². The number of carbonyl (C=O) groups excluding carboxylic acids is 2. The number of fused-ring (bicyclic) bond motifs is 1. The third-order valence-electron chi connectivity index (χ3n) is 3.59. The Morgan fingerprint density at radius 1 is 1.04 bits per heavy atom. The molecular formula is C20H19NO5. The van der Waals surface area contributed by atoms with E-state index in [1.807, 2.05) is 12.1 Å². The van der Waals surface area contributed by atoms with Crippen molar-refractivity contribution in [2.45, 2.75) is 6.42 Å². The zero-order chi connectivity index (χ0) is 18.2. The van der Waals surface area contributed by atoms with E-state index in [9.17, 15) is 9.59 Å². The van der Waals surface area contributed by atoms with Crippen molar-refractivity contribution >= 4 is 23.6 Å². The Bertz CT molecular complexity index is 801. The van der Waals surface area contributed by atoms with E-state index in [0.29, 0.717) is 30.4 Å². The van der Waals surface area contributed by atoms with Gasteiger partial charge in [0.1, 0.15) is 0 Å². The average Bonchev–Trinajstić information content (AvgIpc) is 2.90. The molecule has 6 nitrogen and oxygen atoms in total. The van der Waals surface area contributed by atoms with Crippen LogP contribution in [0.1, 0.15) is 12.0 Å². The van der Waals surface area contributed by atoms with Crippen molar-refractivity contribution in [1.29, 1.82) is 0 Å². The van der Waals surface area contributed by atoms with Crippen LogP contribution in [0.4, 0.5) is 5.69 Å². The summed E-state index contributed by atoms with van der Waals surface area (Å²) in [6, 6.07) is 14.4. The van der Waals surface area contributed by atoms with E-state index >= 15 is 0 Å². The fourth-order valence-electron chi connectivity index (χ4n) is 2.35. The minimum absolute atomic E-state index is 0.348. The fraction of sp³-hybridized carbons (Fsp3) is 0.200. The molecule has 2 aromatic rings. The summed E-state index contributed by atoms with van der Waals surface area (Å²) in [4.78, 5) is 23.5. The lowest BCUT2D eigenvalue weighted by Crippen LogP contribution is -2.20. The molecule has 0 atom stereocenters. The highest BCUT2D eigenvalue weighted by Crippen LogP contribution is 2.30. The Kier molecular flexibility index (Phi) is 5.88. The van der Waals surface area contributed by atoms with Crippen LogP contribution in [0.3, 0.4) is 0 Å². The van der Waals surface area contributed by atoms with Crippen LogP contribution < -0.4 is 14.8 Å². The van der Waals surface area contributed by atoms with Crippen LogP contribution in [0.2, 0.25) is 0 Å². The van der Waals surface area contributed by atoms with E-state index in [1.54, 1.807) is 42.5 Å². The van der Waals surface area contributed by atoms with E-state index in [-0.39, 0.29) is 6.61 Å². The second-order valence-electron chi connectivity index (χ2n) is 5.61. The number of hydrogen-bond acceptors (Lipinski definition) is 5. The summed E-state index contributed by atoms with van der Waals surface area (Å²) < 4.78 is 16.1. The summed E-state index contributed by atoms with van der Waals surface area (Å²) in [6.07, 6.45) is 3.71. The van der Waals surface area contributed by atoms with Crippen molar-refractivity contribution in [2.24, 2.45) is 0 Å². The molecule has 0 fully saturated rings. The average molecular weight is 353 g/mol. The molecule has 0 unspecified atom stereocenters. The first kappa shape index (κ1) is 17.5. The van der Waals surface area contributed by atoms with Gasteiger partial charge >= 0.3 is 5.97 Å². The quantitative estimate of drug-likeness (QED) is 0.661. The first-order chi connectivity index (χ1) is 12.7. The molecule has 1 N–H and O–H groups in total. The summed E-state index contributed by atoms with van der Waals surface area (Å²) in [7, 11) is 0. The molecule has 0 spiro atoms. The van der Waals surface area contributed by atoms with Gasteiger partial charge in [-0.25, -0.2) is 4.79 Å². The normalized spacial score (nSPS) is 13.1. The van der Waals surface area contributed by atoms with Gasteiger partial charge in [-0.05, 0) is 35.9 Å². The number of rotatable bonds is 5. The smallest absolute Gasteiger partial charge is 0.331 e. The van der Waals surface area contributed by atoms with Gasteiger partial charge in [-0.1, -0.05) is 24.3 Å². The van der Waals surface area contributed by atoms with Gasteiger partial charge in [0.15, 0.2) is 18.1 Å². The molecule has 1 heterocycles. The van der Waals surface area contributed by atoms with Crippen LogP contribution in [0.5, 0.6) is 11.5 Å². The monoisotopic (exact) mass is 353 g/mol. The Hall–Kier alpha value is -3.28. The third-order valence-corrected chi connectivity index (χ3v) is 3.59. The molecule has 0 saturated carbocycles. The lowest BCUT2D eigenvalue weighted by atomic mass is 10.2. The molecule has 134 valence electrons. The summed E-state index contributed by atoms with van der Waals surface area (Å²) in [5, 5.41) is 2.64. The van der Waals surface area contributed by atoms with E-state index < -0.39 is 11.9 Å². The van der Waals surface area contributed by atoms with Crippen molar-refractivity contribution < 1.29 is 23.8 Å². The molecule has 1 aliphatic heterocycles. The Morgan fingerprint density at radius 3 is 2.62 bits per heavy atom. The number of ether oxygens (including phenoxy) is 3. The number of hydrogen-bond donors (Lipinski definition) is 1. The summed E-state index contributed by atoms with van der Waals surface area (Å²) in [5.41, 5.74) is 1.43. The molecule has 3 rings (SSSR count). The number of anilines is 1. The maximum absolute atomic E-state index is 11.8. The van der Waals surface area contributed by atoms with Crippen LogP contribution in [0.15, 0.2) is 54.6 Å². The van der Waals surface area contributed by atoms with Crippen molar-refractivity contribution in [3.8, 4) is 11.5 Å². The van der Waals surface area contributed by atoms with Gasteiger partial charge in [0, 0.05) is 18.2 Å². The summed E-state index contributed by atoms with van der Waals surface area (Å²) in [6.45, 7) is 0.873. The molecule has 0 bridgehead atoms. The standard InChI is InChI=1S/C20H19NO5/c22-19(21-16-5-2-1-3-6-16)14-26-20(23)10-8-15-7-9-17-18(13-15)25-12-4-11-24-17/h1-3,5-10,13H,4,11-12,14H2,(H,21,22)/b10-8+. The first-order valence-corrected chi connectivity index (χ1v) is 8.30. The molecule has 0 saturated heterocycles. The molecule has 0 aromatic heterocycles. The van der Waals surface area contributed by atoms with Gasteiger partial charge in [0.2, 0.25) is 0 Å². The predicted molar refractivity (Wildman–Crippen MR) is 97.1 cm³/mol.